The number of carbonyl (C=O) groups is 2. The second kappa shape index (κ2) is 8.65. The van der Waals surface area contributed by atoms with Crippen LogP contribution in [0.25, 0.3) is 0 Å². The van der Waals surface area contributed by atoms with Crippen molar-refractivity contribution in [3.05, 3.63) is 81.4 Å². The van der Waals surface area contributed by atoms with Crippen LogP contribution in [0.3, 0.4) is 0 Å². The first-order chi connectivity index (χ1) is 18.7. The number of fused-ring (bicyclic) bond motifs is 4. The molecule has 1 unspecified atom stereocenters. The van der Waals surface area contributed by atoms with Gasteiger partial charge in [-0.05, 0) is 42.0 Å². The molecular weight excluding hydrogens is 575 g/mol. The van der Waals surface area contributed by atoms with Gasteiger partial charge in [-0.15, -0.1) is 8.78 Å². The van der Waals surface area contributed by atoms with Gasteiger partial charge in [0.15, 0.2) is 11.5 Å². The maximum absolute atomic E-state index is 14.1. The SMILES string of the molecule is O=C1NC(c2cc(F)ccc2Cl)c2c(NC(=O)N3C[C@H](C(F)(F)F)c4cc(F)ccc43)cc3c(c21)OC(F)(F)O3. The topological polar surface area (TPSA) is 79.9 Å². The molecule has 40 heavy (non-hydrogen) atoms. The van der Waals surface area contributed by atoms with Crippen molar-refractivity contribution < 1.29 is 49.8 Å². The maximum Gasteiger partial charge on any atom is 0.586 e. The molecule has 208 valence electrons. The summed E-state index contributed by atoms with van der Waals surface area (Å²) in [5.74, 6) is -6.15. The highest BCUT2D eigenvalue weighted by molar-refractivity contribution is 6.31. The second-order valence-corrected chi connectivity index (χ2v) is 9.53. The molecule has 2 atom stereocenters. The van der Waals surface area contributed by atoms with E-state index < -0.39 is 77.2 Å². The van der Waals surface area contributed by atoms with E-state index in [1.54, 1.807) is 0 Å². The van der Waals surface area contributed by atoms with Gasteiger partial charge in [0.2, 0.25) is 0 Å². The number of amides is 3. The van der Waals surface area contributed by atoms with Crippen molar-refractivity contribution in [2.24, 2.45) is 0 Å². The van der Waals surface area contributed by atoms with Crippen LogP contribution in [0.1, 0.15) is 39.0 Å². The summed E-state index contributed by atoms with van der Waals surface area (Å²) in [6.45, 7) is -0.907. The number of hydrogen-bond donors (Lipinski definition) is 2. The van der Waals surface area contributed by atoms with Crippen LogP contribution in [0.4, 0.5) is 46.9 Å². The number of rotatable bonds is 2. The van der Waals surface area contributed by atoms with Gasteiger partial charge in [-0.3, -0.25) is 9.69 Å². The summed E-state index contributed by atoms with van der Waals surface area (Å²) in [6, 6.07) is 4.21. The number of nitrogens with one attached hydrogen (secondary N) is 2. The fraction of sp³-hybridized carbons (Fsp3) is 0.200. The molecule has 2 N–H and O–H groups in total. The van der Waals surface area contributed by atoms with Crippen molar-refractivity contribution in [3.8, 4) is 11.5 Å². The molecule has 3 heterocycles. The Hall–Kier alpha value is -4.20. The van der Waals surface area contributed by atoms with Gasteiger partial charge in [-0.25, -0.2) is 13.6 Å². The largest absolute Gasteiger partial charge is 0.586 e. The highest BCUT2D eigenvalue weighted by Gasteiger charge is 2.51. The summed E-state index contributed by atoms with van der Waals surface area (Å²) in [7, 11) is 0. The number of halogens is 8. The lowest BCUT2D eigenvalue weighted by atomic mass is 9.95. The van der Waals surface area contributed by atoms with Crippen molar-refractivity contribution in [2.45, 2.75) is 24.4 Å². The first kappa shape index (κ1) is 26.0. The minimum absolute atomic E-state index is 0.00554. The third-order valence-electron chi connectivity index (χ3n) is 6.70. The van der Waals surface area contributed by atoms with Crippen LogP contribution in [0, 0.1) is 11.6 Å². The summed E-state index contributed by atoms with van der Waals surface area (Å²) in [4.78, 5) is 27.0. The summed E-state index contributed by atoms with van der Waals surface area (Å²) >= 11 is 6.22. The van der Waals surface area contributed by atoms with Crippen LogP contribution >= 0.6 is 11.6 Å². The number of urea groups is 1. The highest BCUT2D eigenvalue weighted by atomic mass is 35.5. The Bertz CT molecular complexity index is 1610. The normalized spacial score (nSPS) is 20.3. The molecule has 3 aromatic rings. The Morgan fingerprint density at radius 2 is 1.73 bits per heavy atom. The van der Waals surface area contributed by atoms with Crippen molar-refractivity contribution in [1.29, 1.82) is 0 Å². The van der Waals surface area contributed by atoms with Crippen LogP contribution in [-0.2, 0) is 0 Å². The van der Waals surface area contributed by atoms with Crippen LogP contribution in [0.2, 0.25) is 5.02 Å². The number of nitrogens with zero attached hydrogens (tertiary/aromatic N) is 1. The Balaban J connectivity index is 1.46. The first-order valence-corrected chi connectivity index (χ1v) is 11.8. The number of alkyl halides is 5. The van der Waals surface area contributed by atoms with E-state index in [2.05, 4.69) is 20.1 Å². The van der Waals surface area contributed by atoms with Crippen molar-refractivity contribution in [1.82, 2.24) is 5.32 Å². The molecule has 3 aliphatic rings. The fourth-order valence-corrected chi connectivity index (χ4v) is 5.28. The zero-order chi connectivity index (χ0) is 28.7. The molecule has 0 aromatic heterocycles. The zero-order valence-electron chi connectivity index (χ0n) is 19.5. The lowest BCUT2D eigenvalue weighted by Crippen LogP contribution is -2.36. The number of ether oxygens (including phenoxy) is 2. The van der Waals surface area contributed by atoms with Crippen molar-refractivity contribution >= 4 is 34.9 Å². The smallest absolute Gasteiger partial charge is 0.395 e. The molecule has 7 nitrogen and oxygen atoms in total. The fourth-order valence-electron chi connectivity index (χ4n) is 5.06. The Kier molecular flexibility index (Phi) is 5.63. The predicted octanol–water partition coefficient (Wildman–Crippen LogP) is 6.47. The lowest BCUT2D eigenvalue weighted by Gasteiger charge is -2.22. The van der Waals surface area contributed by atoms with E-state index in [-0.39, 0.29) is 27.5 Å². The molecular formula is C25H13ClF7N3O4. The first-order valence-electron chi connectivity index (χ1n) is 11.4. The van der Waals surface area contributed by atoms with E-state index in [4.69, 9.17) is 11.6 Å². The van der Waals surface area contributed by atoms with E-state index >= 15 is 0 Å². The van der Waals surface area contributed by atoms with Crippen molar-refractivity contribution in [3.63, 3.8) is 0 Å². The average Bonchev–Trinajstić information content (AvgIpc) is 3.50. The monoisotopic (exact) mass is 587 g/mol. The average molecular weight is 588 g/mol. The van der Waals surface area contributed by atoms with Crippen LogP contribution in [0.5, 0.6) is 11.5 Å². The van der Waals surface area contributed by atoms with Gasteiger partial charge in [-0.2, -0.15) is 13.2 Å². The van der Waals surface area contributed by atoms with Gasteiger partial charge in [-0.1, -0.05) is 11.6 Å². The van der Waals surface area contributed by atoms with Crippen LogP contribution < -0.4 is 25.0 Å². The number of anilines is 2. The van der Waals surface area contributed by atoms with Crippen LogP contribution in [-0.4, -0.2) is 31.0 Å². The standard InChI is InChI=1S/C25H13ClF7N3O4/c26-14-3-1-9(27)6-12(14)20-18-15(7-17-21(19(18)22(37)35-20)40-25(32,33)39-17)34-23(38)36-8-13(24(29,30)31)11-5-10(28)2-4-16(11)36/h1-7,13,20H,8H2,(H,34,38)(H,35,37)/t13-,20?/m0/s1. The van der Waals surface area contributed by atoms with E-state index in [9.17, 15) is 40.3 Å². The summed E-state index contributed by atoms with van der Waals surface area (Å²) in [5, 5.41) is 4.78. The van der Waals surface area contributed by atoms with E-state index in [0.29, 0.717) is 11.0 Å². The molecule has 6 rings (SSSR count). The third-order valence-corrected chi connectivity index (χ3v) is 7.04. The number of hydrogen-bond acceptors (Lipinski definition) is 4. The number of carbonyl (C=O) groups excluding carboxylic acids is 2. The second-order valence-electron chi connectivity index (χ2n) is 9.12. The quantitative estimate of drug-likeness (QED) is 0.337. The Labute approximate surface area is 224 Å². The molecule has 0 saturated heterocycles. The summed E-state index contributed by atoms with van der Waals surface area (Å²) < 4.78 is 106. The molecule has 0 spiro atoms. The van der Waals surface area contributed by atoms with Gasteiger partial charge in [0.1, 0.15) is 17.6 Å². The molecule has 0 aliphatic carbocycles. The minimum atomic E-state index is -4.82. The predicted molar refractivity (Wildman–Crippen MR) is 125 cm³/mol. The molecule has 0 bridgehead atoms. The Morgan fingerprint density at radius 3 is 2.42 bits per heavy atom. The van der Waals surface area contributed by atoms with Gasteiger partial charge in [0.05, 0.1) is 17.3 Å². The van der Waals surface area contributed by atoms with Gasteiger partial charge in [0, 0.05) is 34.4 Å². The molecule has 0 fully saturated rings. The van der Waals surface area contributed by atoms with Crippen LogP contribution in [0.15, 0.2) is 42.5 Å². The summed E-state index contributed by atoms with van der Waals surface area (Å²) in [5.41, 5.74) is -1.69. The zero-order valence-corrected chi connectivity index (χ0v) is 20.3. The molecule has 3 aromatic carbocycles. The molecule has 3 amide bonds. The minimum Gasteiger partial charge on any atom is -0.395 e. The lowest BCUT2D eigenvalue weighted by molar-refractivity contribution is -0.286. The van der Waals surface area contributed by atoms with Gasteiger partial charge >= 0.3 is 18.5 Å². The Morgan fingerprint density at radius 1 is 1.05 bits per heavy atom. The van der Waals surface area contributed by atoms with E-state index in [1.165, 1.54) is 6.07 Å². The summed E-state index contributed by atoms with van der Waals surface area (Å²) in [6.07, 6.45) is -9.00. The van der Waals surface area contributed by atoms with Gasteiger partial charge < -0.3 is 20.1 Å². The third kappa shape index (κ3) is 4.13. The molecule has 15 heteroatoms. The van der Waals surface area contributed by atoms with E-state index in [1.807, 2.05) is 0 Å². The highest BCUT2D eigenvalue weighted by Crippen LogP contribution is 2.52. The van der Waals surface area contributed by atoms with Gasteiger partial charge in [0.25, 0.3) is 5.91 Å². The molecule has 0 radical (unpaired) electrons. The van der Waals surface area contributed by atoms with E-state index in [0.717, 1.165) is 30.3 Å². The van der Waals surface area contributed by atoms with Crippen molar-refractivity contribution in [2.75, 3.05) is 16.8 Å². The number of benzene rings is 3. The maximum atomic E-state index is 14.1. The molecule has 0 saturated carbocycles. The molecule has 3 aliphatic heterocycles.